The summed E-state index contributed by atoms with van der Waals surface area (Å²) in [6.45, 7) is 11.5. The Labute approximate surface area is 150 Å². The monoisotopic (exact) mass is 350 g/mol. The van der Waals surface area contributed by atoms with Gasteiger partial charge in [0.05, 0.1) is 5.70 Å². The minimum absolute atomic E-state index is 0.112. The highest BCUT2D eigenvalue weighted by atomic mass is 16.6. The van der Waals surface area contributed by atoms with Crippen LogP contribution in [0.3, 0.4) is 0 Å². The van der Waals surface area contributed by atoms with Crippen LogP contribution in [0.1, 0.15) is 32.6 Å². The SMILES string of the molecule is C=C1N(CCCC)C(=O)OC12CCN(C(=O)N1CCN(C)CC1)CC2. The van der Waals surface area contributed by atoms with Crippen LogP contribution in [0.5, 0.6) is 0 Å². The van der Waals surface area contributed by atoms with E-state index >= 15 is 0 Å². The molecule has 0 aromatic heterocycles. The molecule has 0 aromatic carbocycles. The Morgan fingerprint density at radius 1 is 1.12 bits per heavy atom. The van der Waals surface area contributed by atoms with Gasteiger partial charge in [-0.3, -0.25) is 4.90 Å². The second-order valence-electron chi connectivity index (χ2n) is 7.37. The van der Waals surface area contributed by atoms with Crippen molar-refractivity contribution in [2.45, 2.75) is 38.2 Å². The molecule has 0 atom stereocenters. The van der Waals surface area contributed by atoms with Crippen molar-refractivity contribution >= 4 is 12.1 Å². The van der Waals surface area contributed by atoms with E-state index in [9.17, 15) is 9.59 Å². The second-order valence-corrected chi connectivity index (χ2v) is 7.37. The van der Waals surface area contributed by atoms with Crippen molar-refractivity contribution < 1.29 is 14.3 Å². The van der Waals surface area contributed by atoms with Gasteiger partial charge < -0.3 is 19.4 Å². The molecule has 7 heteroatoms. The minimum Gasteiger partial charge on any atom is -0.436 e. The number of likely N-dealkylation sites (N-methyl/N-ethyl adjacent to an activating group) is 1. The van der Waals surface area contributed by atoms with Crippen molar-refractivity contribution in [2.24, 2.45) is 0 Å². The number of amides is 3. The van der Waals surface area contributed by atoms with Gasteiger partial charge in [-0.25, -0.2) is 9.59 Å². The summed E-state index contributed by atoms with van der Waals surface area (Å²) in [5.41, 5.74) is 0.168. The van der Waals surface area contributed by atoms with Crippen LogP contribution in [0.2, 0.25) is 0 Å². The molecule has 0 aromatic rings. The van der Waals surface area contributed by atoms with E-state index < -0.39 is 5.60 Å². The number of nitrogens with zero attached hydrogens (tertiary/aromatic N) is 4. The molecule has 140 valence electrons. The van der Waals surface area contributed by atoms with Gasteiger partial charge in [-0.05, 0) is 13.5 Å². The van der Waals surface area contributed by atoms with Crippen molar-refractivity contribution in [3.8, 4) is 0 Å². The Kier molecular flexibility index (Phi) is 5.22. The molecular weight excluding hydrogens is 320 g/mol. The Bertz CT molecular complexity index is 534. The molecule has 7 nitrogen and oxygen atoms in total. The van der Waals surface area contributed by atoms with Gasteiger partial charge in [0, 0.05) is 58.7 Å². The fourth-order valence-corrected chi connectivity index (χ4v) is 3.83. The number of unbranched alkanes of at least 4 members (excludes halogenated alkanes) is 1. The lowest BCUT2D eigenvalue weighted by Crippen LogP contribution is -2.55. The number of piperazine rings is 1. The summed E-state index contributed by atoms with van der Waals surface area (Å²) in [7, 11) is 2.08. The van der Waals surface area contributed by atoms with Gasteiger partial charge in [-0.2, -0.15) is 0 Å². The highest BCUT2D eigenvalue weighted by Crippen LogP contribution is 2.40. The summed E-state index contributed by atoms with van der Waals surface area (Å²) in [5.74, 6) is 0. The van der Waals surface area contributed by atoms with E-state index in [1.807, 2.05) is 9.80 Å². The molecule has 3 rings (SSSR count). The summed E-state index contributed by atoms with van der Waals surface area (Å²) >= 11 is 0. The maximum absolute atomic E-state index is 12.7. The van der Waals surface area contributed by atoms with Crippen molar-refractivity contribution in [2.75, 3.05) is 52.9 Å². The van der Waals surface area contributed by atoms with Crippen LogP contribution in [0.15, 0.2) is 12.3 Å². The lowest BCUT2D eigenvalue weighted by molar-refractivity contribution is 0.0178. The van der Waals surface area contributed by atoms with Crippen molar-refractivity contribution in [3.05, 3.63) is 12.3 Å². The summed E-state index contributed by atoms with van der Waals surface area (Å²) < 4.78 is 5.73. The fraction of sp³-hybridized carbons (Fsp3) is 0.778. The van der Waals surface area contributed by atoms with Crippen LogP contribution in [-0.4, -0.2) is 90.2 Å². The fourth-order valence-electron chi connectivity index (χ4n) is 3.83. The number of urea groups is 1. The van der Waals surface area contributed by atoms with Gasteiger partial charge >= 0.3 is 12.1 Å². The molecule has 1 spiro atoms. The quantitative estimate of drug-likeness (QED) is 0.781. The molecular formula is C18H30N4O3. The standard InChI is InChI=1S/C18H30N4O3/c1-4-5-8-22-15(2)18(25-17(22)24)6-9-20(10-7-18)16(23)21-13-11-19(3)12-14-21/h2,4-14H2,1,3H3. The third-order valence-electron chi connectivity index (χ3n) is 5.71. The molecule has 0 radical (unpaired) electrons. The van der Waals surface area contributed by atoms with Crippen LogP contribution in [-0.2, 0) is 4.74 Å². The van der Waals surface area contributed by atoms with Crippen molar-refractivity contribution in [1.82, 2.24) is 19.6 Å². The molecule has 3 amide bonds. The third kappa shape index (κ3) is 3.47. The Balaban J connectivity index is 1.57. The maximum Gasteiger partial charge on any atom is 0.415 e. The van der Waals surface area contributed by atoms with Gasteiger partial charge in [0.1, 0.15) is 0 Å². The first-order valence-corrected chi connectivity index (χ1v) is 9.39. The van der Waals surface area contributed by atoms with E-state index in [0.29, 0.717) is 32.5 Å². The van der Waals surface area contributed by atoms with Crippen LogP contribution >= 0.6 is 0 Å². The molecule has 3 heterocycles. The van der Waals surface area contributed by atoms with Gasteiger partial charge in [-0.15, -0.1) is 0 Å². The van der Waals surface area contributed by atoms with Crippen LogP contribution < -0.4 is 0 Å². The molecule has 0 saturated carbocycles. The summed E-state index contributed by atoms with van der Waals surface area (Å²) in [6, 6.07) is 0.112. The van der Waals surface area contributed by atoms with Crippen LogP contribution in [0, 0.1) is 0 Å². The lowest BCUT2D eigenvalue weighted by atomic mass is 9.88. The second kappa shape index (κ2) is 7.23. The first-order chi connectivity index (χ1) is 12.0. The third-order valence-corrected chi connectivity index (χ3v) is 5.71. The molecule has 3 aliphatic heterocycles. The smallest absolute Gasteiger partial charge is 0.415 e. The Morgan fingerprint density at radius 3 is 2.32 bits per heavy atom. The number of ether oxygens (including phenoxy) is 1. The molecule has 0 N–H and O–H groups in total. The lowest BCUT2D eigenvalue weighted by Gasteiger charge is -2.41. The number of carbonyl (C=O) groups is 2. The highest BCUT2D eigenvalue weighted by Gasteiger charge is 2.50. The Morgan fingerprint density at radius 2 is 1.72 bits per heavy atom. The van der Waals surface area contributed by atoms with Gasteiger partial charge in [0.25, 0.3) is 0 Å². The number of likely N-dealkylation sites (tertiary alicyclic amines) is 1. The van der Waals surface area contributed by atoms with E-state index in [0.717, 1.165) is 44.7 Å². The molecule has 3 fully saturated rings. The van der Waals surface area contributed by atoms with Crippen molar-refractivity contribution in [1.29, 1.82) is 0 Å². The zero-order valence-electron chi connectivity index (χ0n) is 15.5. The normalized spacial score (nSPS) is 24.2. The van der Waals surface area contributed by atoms with Gasteiger partial charge in [0.15, 0.2) is 5.60 Å². The van der Waals surface area contributed by atoms with E-state index in [4.69, 9.17) is 4.74 Å². The number of rotatable bonds is 3. The average molecular weight is 350 g/mol. The molecule has 3 saturated heterocycles. The number of hydrogen-bond acceptors (Lipinski definition) is 4. The van der Waals surface area contributed by atoms with Gasteiger partial charge in [0.2, 0.25) is 0 Å². The number of piperidine rings is 1. The zero-order chi connectivity index (χ0) is 18.0. The van der Waals surface area contributed by atoms with E-state index in [1.54, 1.807) is 4.90 Å². The predicted octanol–water partition coefficient (Wildman–Crippen LogP) is 1.95. The molecule has 25 heavy (non-hydrogen) atoms. The Hall–Kier alpha value is -1.76. The van der Waals surface area contributed by atoms with E-state index in [-0.39, 0.29) is 12.1 Å². The largest absolute Gasteiger partial charge is 0.436 e. The molecule has 3 aliphatic rings. The van der Waals surface area contributed by atoms with E-state index in [2.05, 4.69) is 25.5 Å². The van der Waals surface area contributed by atoms with Crippen LogP contribution in [0.25, 0.3) is 0 Å². The van der Waals surface area contributed by atoms with E-state index in [1.165, 1.54) is 0 Å². The first-order valence-electron chi connectivity index (χ1n) is 9.39. The topological polar surface area (TPSA) is 56.3 Å². The summed E-state index contributed by atoms with van der Waals surface area (Å²) in [5, 5.41) is 0. The number of carbonyl (C=O) groups excluding carboxylic acids is 2. The summed E-state index contributed by atoms with van der Waals surface area (Å²) in [6.07, 6.45) is 2.96. The van der Waals surface area contributed by atoms with Gasteiger partial charge in [-0.1, -0.05) is 19.9 Å². The highest BCUT2D eigenvalue weighted by molar-refractivity contribution is 5.76. The minimum atomic E-state index is -0.607. The molecule has 0 aliphatic carbocycles. The summed E-state index contributed by atoms with van der Waals surface area (Å²) in [4.78, 5) is 32.7. The maximum atomic E-state index is 12.7. The predicted molar refractivity (Wildman–Crippen MR) is 95.2 cm³/mol. The molecule has 0 unspecified atom stereocenters. The average Bonchev–Trinajstić information content (AvgIpc) is 2.84. The molecule has 0 bridgehead atoms. The van der Waals surface area contributed by atoms with Crippen LogP contribution in [0.4, 0.5) is 9.59 Å². The number of hydrogen-bond donors (Lipinski definition) is 0. The van der Waals surface area contributed by atoms with Crippen molar-refractivity contribution in [3.63, 3.8) is 0 Å². The zero-order valence-corrected chi connectivity index (χ0v) is 15.5. The first kappa shape index (κ1) is 18.0.